The van der Waals surface area contributed by atoms with Crippen LogP contribution in [0.25, 0.3) is 0 Å². The Labute approximate surface area is 221 Å². The van der Waals surface area contributed by atoms with Gasteiger partial charge in [-0.1, -0.05) is 35.3 Å². The Kier molecular flexibility index (Phi) is 7.19. The molecule has 1 N–H and O–H groups in total. The number of carboxylic acids is 1. The lowest BCUT2D eigenvalue weighted by Gasteiger charge is -2.27. The number of likely N-dealkylation sites (tertiary alicyclic amines) is 1. The summed E-state index contributed by atoms with van der Waals surface area (Å²) in [6, 6.07) is 8.29. The van der Waals surface area contributed by atoms with Crippen LogP contribution in [0.5, 0.6) is 5.75 Å². The molecule has 0 radical (unpaired) electrons. The fraction of sp³-hybridized carbons (Fsp3) is 0.417. The molecule has 1 saturated heterocycles. The molecule has 2 aromatic carbocycles. The summed E-state index contributed by atoms with van der Waals surface area (Å²) in [5.41, 5.74) is -0.271. The Bertz CT molecular complexity index is 1330. The van der Waals surface area contributed by atoms with Crippen molar-refractivity contribution in [1.82, 2.24) is 4.90 Å². The highest BCUT2D eigenvalue weighted by Gasteiger charge is 2.57. The first kappa shape index (κ1) is 27.5. The van der Waals surface area contributed by atoms with E-state index in [2.05, 4.69) is 0 Å². The molecule has 1 amide bonds. The van der Waals surface area contributed by atoms with Crippen molar-refractivity contribution in [2.45, 2.75) is 60.1 Å². The van der Waals surface area contributed by atoms with Gasteiger partial charge in [0.15, 0.2) is 15.9 Å². The van der Waals surface area contributed by atoms with E-state index in [1.807, 2.05) is 0 Å². The molecule has 0 aromatic heterocycles. The van der Waals surface area contributed by atoms with Gasteiger partial charge in [-0.2, -0.15) is 13.2 Å². The predicted molar refractivity (Wildman–Crippen MR) is 129 cm³/mol. The van der Waals surface area contributed by atoms with Crippen LogP contribution in [-0.2, 0) is 24.8 Å². The Morgan fingerprint density at radius 1 is 1.14 bits per heavy atom. The maximum Gasteiger partial charge on any atom is 0.425 e. The molecule has 1 saturated carbocycles. The molecule has 0 bridgehead atoms. The molecule has 0 spiro atoms. The van der Waals surface area contributed by atoms with Crippen molar-refractivity contribution in [3.63, 3.8) is 0 Å². The highest BCUT2D eigenvalue weighted by Crippen LogP contribution is 2.51. The van der Waals surface area contributed by atoms with Crippen molar-refractivity contribution >= 4 is 44.9 Å². The van der Waals surface area contributed by atoms with E-state index >= 15 is 0 Å². The molecule has 4 rings (SSSR count). The van der Waals surface area contributed by atoms with E-state index in [0.717, 1.165) is 30.0 Å². The van der Waals surface area contributed by atoms with Crippen LogP contribution < -0.4 is 4.74 Å². The van der Waals surface area contributed by atoms with Crippen LogP contribution in [0, 0.1) is 0 Å². The first-order chi connectivity index (χ1) is 17.2. The monoisotopic (exact) mass is 579 g/mol. The molecule has 1 aliphatic heterocycles. The van der Waals surface area contributed by atoms with E-state index in [1.54, 1.807) is 24.3 Å². The van der Waals surface area contributed by atoms with E-state index in [0.29, 0.717) is 23.4 Å². The zero-order chi connectivity index (χ0) is 27.3. The van der Waals surface area contributed by atoms with E-state index in [4.69, 9.17) is 27.9 Å². The second kappa shape index (κ2) is 9.67. The first-order valence-electron chi connectivity index (χ1n) is 11.2. The van der Waals surface area contributed by atoms with E-state index in [9.17, 15) is 36.3 Å². The molecule has 200 valence electrons. The minimum atomic E-state index is -4.63. The quantitative estimate of drug-likeness (QED) is 0.501. The van der Waals surface area contributed by atoms with Gasteiger partial charge >= 0.3 is 12.1 Å². The van der Waals surface area contributed by atoms with Gasteiger partial charge in [-0.25, -0.2) is 13.2 Å². The van der Waals surface area contributed by atoms with Gasteiger partial charge in [0.2, 0.25) is 5.91 Å². The molecule has 3 atom stereocenters. The van der Waals surface area contributed by atoms with E-state index < -0.39 is 50.7 Å². The van der Waals surface area contributed by atoms with Crippen molar-refractivity contribution in [3.05, 3.63) is 58.1 Å². The summed E-state index contributed by atoms with van der Waals surface area (Å²) < 4.78 is 70.0. The molecule has 37 heavy (non-hydrogen) atoms. The lowest BCUT2D eigenvalue weighted by Crippen LogP contribution is -2.46. The van der Waals surface area contributed by atoms with Crippen LogP contribution in [-0.4, -0.2) is 60.4 Å². The van der Waals surface area contributed by atoms with Gasteiger partial charge < -0.3 is 14.7 Å². The number of rotatable bonds is 7. The Morgan fingerprint density at radius 2 is 1.76 bits per heavy atom. The zero-order valence-corrected chi connectivity index (χ0v) is 21.7. The second-order valence-corrected chi connectivity index (χ2v) is 12.2. The second-order valence-electron chi connectivity index (χ2n) is 9.20. The molecule has 2 aromatic rings. The number of sulfone groups is 1. The van der Waals surface area contributed by atoms with E-state index in [-0.39, 0.29) is 28.6 Å². The number of carboxylic acid groups (broad SMARTS) is 1. The van der Waals surface area contributed by atoms with Crippen LogP contribution in [0.2, 0.25) is 10.0 Å². The van der Waals surface area contributed by atoms with Gasteiger partial charge in [0.1, 0.15) is 11.8 Å². The van der Waals surface area contributed by atoms with Crippen molar-refractivity contribution < 1.29 is 41.0 Å². The minimum absolute atomic E-state index is 0.279. The Morgan fingerprint density at radius 3 is 2.27 bits per heavy atom. The summed E-state index contributed by atoms with van der Waals surface area (Å²) in [4.78, 5) is 26.2. The topological polar surface area (TPSA) is 101 Å². The van der Waals surface area contributed by atoms with Crippen molar-refractivity contribution in [2.24, 2.45) is 0 Å². The van der Waals surface area contributed by atoms with Gasteiger partial charge in [0.25, 0.3) is 0 Å². The Hall–Kier alpha value is -2.50. The maximum atomic E-state index is 13.5. The highest BCUT2D eigenvalue weighted by atomic mass is 35.5. The number of hydrogen-bond acceptors (Lipinski definition) is 5. The lowest BCUT2D eigenvalue weighted by molar-refractivity contribution is -0.189. The average Bonchev–Trinajstić information content (AvgIpc) is 3.48. The van der Waals surface area contributed by atoms with Crippen LogP contribution in [0.1, 0.15) is 31.7 Å². The van der Waals surface area contributed by atoms with Crippen LogP contribution >= 0.6 is 23.2 Å². The SMILES string of the molecule is C[C@H](Oc1ccc(S(=O)(=O)[C@@H]2C[C@@H](C(=O)O)N(C(=O)C3(c4ccc(Cl)cc4)CC3)C2)c(Cl)c1)C(F)(F)F. The normalized spacial score (nSPS) is 21.9. The van der Waals surface area contributed by atoms with Crippen molar-refractivity contribution in [2.75, 3.05) is 6.54 Å². The number of amides is 1. The lowest BCUT2D eigenvalue weighted by atomic mass is 9.94. The number of nitrogens with zero attached hydrogens (tertiary/aromatic N) is 1. The molecule has 0 unspecified atom stereocenters. The number of carbonyl (C=O) groups is 2. The third-order valence-electron chi connectivity index (χ3n) is 6.79. The highest BCUT2D eigenvalue weighted by molar-refractivity contribution is 7.92. The van der Waals surface area contributed by atoms with E-state index in [1.165, 1.54) is 0 Å². The summed E-state index contributed by atoms with van der Waals surface area (Å²) in [7, 11) is -4.26. The molecule has 2 fully saturated rings. The molecule has 7 nitrogen and oxygen atoms in total. The number of alkyl halides is 3. The van der Waals surface area contributed by atoms with Gasteiger partial charge in [0, 0.05) is 17.6 Å². The van der Waals surface area contributed by atoms with Crippen LogP contribution in [0.15, 0.2) is 47.4 Å². The minimum Gasteiger partial charge on any atom is -0.481 e. The van der Waals surface area contributed by atoms with Crippen LogP contribution in [0.4, 0.5) is 13.2 Å². The molecular weight excluding hydrogens is 558 g/mol. The standard InChI is InChI=1S/C24H22Cl2F3NO6S/c1-13(24(27,28)29)36-16-6-7-20(18(26)10-16)37(34,35)17-11-19(21(31)32)30(12-17)22(33)23(8-9-23)14-2-4-15(25)5-3-14/h2-7,10,13,17,19H,8-9,11-12H2,1H3,(H,31,32)/t13-,17+,19-/m0/s1. The van der Waals surface area contributed by atoms with Crippen LogP contribution in [0.3, 0.4) is 0 Å². The molecule has 2 aliphatic rings. The zero-order valence-electron chi connectivity index (χ0n) is 19.3. The fourth-order valence-electron chi connectivity index (χ4n) is 4.51. The maximum absolute atomic E-state index is 13.5. The van der Waals surface area contributed by atoms with Crippen molar-refractivity contribution in [1.29, 1.82) is 0 Å². The first-order valence-corrected chi connectivity index (χ1v) is 13.5. The Balaban J connectivity index is 1.58. The molecule has 1 aliphatic carbocycles. The van der Waals surface area contributed by atoms with Gasteiger partial charge in [-0.05, 0) is 56.0 Å². The average molecular weight is 580 g/mol. The summed E-state index contributed by atoms with van der Waals surface area (Å²) >= 11 is 12.1. The third-order valence-corrected chi connectivity index (χ3v) is 9.65. The number of carbonyl (C=O) groups excluding carboxylic acids is 1. The largest absolute Gasteiger partial charge is 0.481 e. The molecular formula is C24H22Cl2F3NO6S. The van der Waals surface area contributed by atoms with Crippen molar-refractivity contribution in [3.8, 4) is 5.75 Å². The summed E-state index contributed by atoms with van der Waals surface area (Å²) in [6.07, 6.45) is -6.17. The third kappa shape index (κ3) is 5.26. The number of benzene rings is 2. The van der Waals surface area contributed by atoms with Gasteiger partial charge in [-0.3, -0.25) is 4.79 Å². The summed E-state index contributed by atoms with van der Waals surface area (Å²) in [5.74, 6) is -2.09. The van der Waals surface area contributed by atoms with Gasteiger partial charge in [0.05, 0.1) is 20.6 Å². The number of halogens is 5. The number of hydrogen-bond donors (Lipinski definition) is 1. The summed E-state index contributed by atoms with van der Waals surface area (Å²) in [6.45, 7) is 0.429. The molecule has 13 heteroatoms. The smallest absolute Gasteiger partial charge is 0.425 e. The number of ether oxygens (including phenoxy) is 1. The summed E-state index contributed by atoms with van der Waals surface area (Å²) in [5, 5.41) is 8.60. The molecule has 1 heterocycles. The predicted octanol–water partition coefficient (Wildman–Crippen LogP) is 4.88. The number of aliphatic carboxylic acids is 1. The fourth-order valence-corrected chi connectivity index (χ4v) is 6.87. The van der Waals surface area contributed by atoms with Gasteiger partial charge in [-0.15, -0.1) is 0 Å².